The van der Waals surface area contributed by atoms with Crippen molar-refractivity contribution in [2.45, 2.75) is 13.8 Å². The summed E-state index contributed by atoms with van der Waals surface area (Å²) in [4.78, 5) is 44.0. The first-order valence-corrected chi connectivity index (χ1v) is 6.37. The summed E-state index contributed by atoms with van der Waals surface area (Å²) in [6.07, 6.45) is 0. The summed E-state index contributed by atoms with van der Waals surface area (Å²) in [5.41, 5.74) is 0. The van der Waals surface area contributed by atoms with E-state index in [4.69, 9.17) is 0 Å². The van der Waals surface area contributed by atoms with E-state index in [1.807, 2.05) is 0 Å². The Balaban J connectivity index is 3.67. The van der Waals surface area contributed by atoms with E-state index in [1.54, 1.807) is 6.92 Å². The second-order valence-corrected chi connectivity index (χ2v) is 4.44. The van der Waals surface area contributed by atoms with Gasteiger partial charge in [0.1, 0.15) is 0 Å². The molecule has 0 saturated heterocycles. The number of carbonyl (C=O) groups is 4. The van der Waals surface area contributed by atoms with Crippen molar-refractivity contribution in [1.82, 2.24) is 16.0 Å². The van der Waals surface area contributed by atoms with Gasteiger partial charge in [-0.1, -0.05) is 11.8 Å². The maximum atomic E-state index is 11.2. The highest BCUT2D eigenvalue weighted by Crippen LogP contribution is 1.98. The molecule has 18 heavy (non-hydrogen) atoms. The summed E-state index contributed by atoms with van der Waals surface area (Å²) in [5, 5.41) is 7.04. The molecule has 3 N–H and O–H groups in total. The third-order valence-corrected chi connectivity index (χ3v) is 2.49. The Morgan fingerprint density at radius 1 is 0.889 bits per heavy atom. The van der Waals surface area contributed by atoms with Gasteiger partial charge in [-0.05, 0) is 6.92 Å². The molecule has 0 radical (unpaired) electrons. The van der Waals surface area contributed by atoms with E-state index in [0.717, 1.165) is 11.8 Å². The standard InChI is InChI=1S/C10H17N3O4S/c1-3-11-8(15)4-12-9(16)5-13-10(17)6-18-7(2)14/h3-6H2,1-2H3,(H,11,15)(H,12,16)(H,13,17). The van der Waals surface area contributed by atoms with Crippen molar-refractivity contribution in [3.63, 3.8) is 0 Å². The summed E-state index contributed by atoms with van der Waals surface area (Å²) in [6, 6.07) is 0. The molecule has 0 spiro atoms. The average Bonchev–Trinajstić information content (AvgIpc) is 2.31. The van der Waals surface area contributed by atoms with E-state index in [0.29, 0.717) is 6.54 Å². The van der Waals surface area contributed by atoms with E-state index >= 15 is 0 Å². The lowest BCUT2D eigenvalue weighted by Crippen LogP contribution is -2.42. The fourth-order valence-electron chi connectivity index (χ4n) is 0.898. The van der Waals surface area contributed by atoms with Crippen molar-refractivity contribution < 1.29 is 19.2 Å². The van der Waals surface area contributed by atoms with Crippen LogP contribution in [0.5, 0.6) is 0 Å². The largest absolute Gasteiger partial charge is 0.355 e. The Kier molecular flexibility index (Phi) is 8.63. The lowest BCUT2D eigenvalue weighted by atomic mass is 10.5. The van der Waals surface area contributed by atoms with Crippen LogP contribution in [0.25, 0.3) is 0 Å². The van der Waals surface area contributed by atoms with Crippen LogP contribution in [0.1, 0.15) is 13.8 Å². The molecule has 0 saturated carbocycles. The molecule has 8 heteroatoms. The van der Waals surface area contributed by atoms with E-state index in [1.165, 1.54) is 6.92 Å². The molecule has 0 aliphatic carbocycles. The van der Waals surface area contributed by atoms with E-state index < -0.39 is 11.8 Å². The normalized spacial score (nSPS) is 9.44. The van der Waals surface area contributed by atoms with Crippen LogP contribution in [-0.4, -0.2) is 48.2 Å². The Bertz CT molecular complexity index is 333. The molecule has 0 atom stereocenters. The molecule has 0 heterocycles. The first kappa shape index (κ1) is 16.4. The number of hydrogen-bond acceptors (Lipinski definition) is 5. The van der Waals surface area contributed by atoms with Gasteiger partial charge in [0.05, 0.1) is 18.8 Å². The summed E-state index contributed by atoms with van der Waals surface area (Å²) in [5.74, 6) is -1.16. The van der Waals surface area contributed by atoms with Gasteiger partial charge in [0.25, 0.3) is 0 Å². The quantitative estimate of drug-likeness (QED) is 0.532. The number of thioether (sulfide) groups is 1. The van der Waals surface area contributed by atoms with Gasteiger partial charge in [0.2, 0.25) is 17.7 Å². The zero-order chi connectivity index (χ0) is 14.0. The average molecular weight is 275 g/mol. The molecular weight excluding hydrogens is 258 g/mol. The monoisotopic (exact) mass is 275 g/mol. The SMILES string of the molecule is CCNC(=O)CNC(=O)CNC(=O)CSC(C)=O. The van der Waals surface area contributed by atoms with Crippen molar-refractivity contribution >= 4 is 34.6 Å². The molecule has 0 aromatic rings. The number of nitrogens with one attached hydrogen (secondary N) is 3. The highest BCUT2D eigenvalue weighted by molar-refractivity contribution is 8.14. The van der Waals surface area contributed by atoms with Crippen LogP contribution in [0.2, 0.25) is 0 Å². The van der Waals surface area contributed by atoms with Crippen molar-refractivity contribution in [3.05, 3.63) is 0 Å². The number of rotatable bonds is 7. The topological polar surface area (TPSA) is 104 Å². The number of carbonyl (C=O) groups excluding carboxylic acids is 4. The molecule has 0 aliphatic heterocycles. The molecule has 3 amide bonds. The molecule has 0 aromatic carbocycles. The predicted octanol–water partition coefficient (Wildman–Crippen LogP) is -1.37. The molecule has 102 valence electrons. The molecule has 0 fully saturated rings. The molecular formula is C10H17N3O4S. The van der Waals surface area contributed by atoms with E-state index in [2.05, 4.69) is 16.0 Å². The second kappa shape index (κ2) is 9.46. The number of amides is 3. The lowest BCUT2D eigenvalue weighted by molar-refractivity contribution is -0.127. The van der Waals surface area contributed by atoms with Gasteiger partial charge in [0.15, 0.2) is 5.12 Å². The Labute approximate surface area is 109 Å². The van der Waals surface area contributed by atoms with Crippen molar-refractivity contribution in [1.29, 1.82) is 0 Å². The van der Waals surface area contributed by atoms with Crippen molar-refractivity contribution in [3.8, 4) is 0 Å². The third-order valence-electron chi connectivity index (χ3n) is 1.67. The molecule has 0 bridgehead atoms. The van der Waals surface area contributed by atoms with Gasteiger partial charge in [-0.3, -0.25) is 19.2 Å². The summed E-state index contributed by atoms with van der Waals surface area (Å²) in [7, 11) is 0. The summed E-state index contributed by atoms with van der Waals surface area (Å²) < 4.78 is 0. The summed E-state index contributed by atoms with van der Waals surface area (Å²) >= 11 is 0.869. The molecule has 0 unspecified atom stereocenters. The van der Waals surface area contributed by atoms with E-state index in [9.17, 15) is 19.2 Å². The Hall–Kier alpha value is -1.57. The van der Waals surface area contributed by atoms with Gasteiger partial charge in [-0.15, -0.1) is 0 Å². The summed E-state index contributed by atoms with van der Waals surface area (Å²) in [6.45, 7) is 3.29. The van der Waals surface area contributed by atoms with Gasteiger partial charge < -0.3 is 16.0 Å². The minimum Gasteiger partial charge on any atom is -0.355 e. The van der Waals surface area contributed by atoms with Crippen molar-refractivity contribution in [2.24, 2.45) is 0 Å². The molecule has 0 aromatic heterocycles. The van der Waals surface area contributed by atoms with Crippen LogP contribution in [0, 0.1) is 0 Å². The first-order valence-electron chi connectivity index (χ1n) is 5.39. The predicted molar refractivity (Wildman–Crippen MR) is 67.8 cm³/mol. The maximum Gasteiger partial charge on any atom is 0.239 e. The first-order chi connectivity index (χ1) is 8.45. The maximum absolute atomic E-state index is 11.2. The second-order valence-electron chi connectivity index (χ2n) is 3.29. The smallest absolute Gasteiger partial charge is 0.239 e. The van der Waals surface area contributed by atoms with E-state index in [-0.39, 0.29) is 29.9 Å². The Morgan fingerprint density at radius 3 is 1.89 bits per heavy atom. The minimum atomic E-state index is -0.456. The lowest BCUT2D eigenvalue weighted by Gasteiger charge is -2.06. The third kappa shape index (κ3) is 9.64. The highest BCUT2D eigenvalue weighted by atomic mass is 32.2. The van der Waals surface area contributed by atoms with Crippen LogP contribution in [0.3, 0.4) is 0 Å². The van der Waals surface area contributed by atoms with Gasteiger partial charge in [0, 0.05) is 13.5 Å². The molecule has 0 rings (SSSR count). The fourth-order valence-corrected chi connectivity index (χ4v) is 1.33. The van der Waals surface area contributed by atoms with Gasteiger partial charge in [-0.2, -0.15) is 0 Å². The fraction of sp³-hybridized carbons (Fsp3) is 0.600. The van der Waals surface area contributed by atoms with Gasteiger partial charge >= 0.3 is 0 Å². The molecule has 7 nitrogen and oxygen atoms in total. The van der Waals surface area contributed by atoms with Crippen LogP contribution < -0.4 is 16.0 Å². The number of hydrogen-bond donors (Lipinski definition) is 3. The Morgan fingerprint density at radius 2 is 1.39 bits per heavy atom. The minimum absolute atomic E-state index is 0.0149. The number of likely N-dealkylation sites (N-methyl/N-ethyl adjacent to an activating group) is 1. The zero-order valence-electron chi connectivity index (χ0n) is 10.4. The van der Waals surface area contributed by atoms with Crippen LogP contribution in [0.4, 0.5) is 0 Å². The molecule has 0 aliphatic rings. The van der Waals surface area contributed by atoms with Crippen LogP contribution >= 0.6 is 11.8 Å². The van der Waals surface area contributed by atoms with Gasteiger partial charge in [-0.25, -0.2) is 0 Å². The van der Waals surface area contributed by atoms with Crippen LogP contribution in [-0.2, 0) is 19.2 Å². The van der Waals surface area contributed by atoms with Crippen LogP contribution in [0.15, 0.2) is 0 Å². The zero-order valence-corrected chi connectivity index (χ0v) is 11.2. The highest BCUT2D eigenvalue weighted by Gasteiger charge is 2.08. The van der Waals surface area contributed by atoms with Crippen molar-refractivity contribution in [2.75, 3.05) is 25.4 Å².